The Morgan fingerprint density at radius 3 is 2.37 bits per heavy atom. The summed E-state index contributed by atoms with van der Waals surface area (Å²) in [5.41, 5.74) is 0. The third kappa shape index (κ3) is 6.15. The molecule has 1 heterocycles. The van der Waals surface area contributed by atoms with Gasteiger partial charge in [0.05, 0.1) is 0 Å². The fraction of sp³-hybridized carbons (Fsp3) is 0.381. The SMILES string of the molecule is O=C([O-])CCCN1CCC[C@H]1COc1ccc(Oc2ccc(Cl)cc2)cc1. The van der Waals surface area contributed by atoms with Crippen molar-refractivity contribution in [1.82, 2.24) is 4.90 Å². The van der Waals surface area contributed by atoms with E-state index in [0.717, 1.165) is 43.2 Å². The first-order valence-electron chi connectivity index (χ1n) is 9.20. The van der Waals surface area contributed by atoms with Crippen molar-refractivity contribution in [3.05, 3.63) is 53.6 Å². The van der Waals surface area contributed by atoms with Gasteiger partial charge in [0.1, 0.15) is 23.9 Å². The van der Waals surface area contributed by atoms with E-state index in [1.165, 1.54) is 0 Å². The molecule has 0 radical (unpaired) electrons. The number of aliphatic carboxylic acids is 1. The molecule has 0 N–H and O–H groups in total. The molecule has 27 heavy (non-hydrogen) atoms. The van der Waals surface area contributed by atoms with Gasteiger partial charge in [0.2, 0.25) is 0 Å². The molecule has 1 fully saturated rings. The van der Waals surface area contributed by atoms with Crippen LogP contribution in [0.5, 0.6) is 17.2 Å². The van der Waals surface area contributed by atoms with Crippen LogP contribution in [0.25, 0.3) is 0 Å². The van der Waals surface area contributed by atoms with Crippen molar-refractivity contribution in [2.75, 3.05) is 19.7 Å². The second-order valence-corrected chi connectivity index (χ2v) is 7.08. The van der Waals surface area contributed by atoms with Crippen LogP contribution in [0.15, 0.2) is 48.5 Å². The summed E-state index contributed by atoms with van der Waals surface area (Å²) in [6, 6.07) is 15.1. The second-order valence-electron chi connectivity index (χ2n) is 6.65. The fourth-order valence-electron chi connectivity index (χ4n) is 3.24. The van der Waals surface area contributed by atoms with Crippen LogP contribution in [0.1, 0.15) is 25.7 Å². The van der Waals surface area contributed by atoms with Gasteiger partial charge >= 0.3 is 0 Å². The lowest BCUT2D eigenvalue weighted by Gasteiger charge is -2.24. The maximum Gasteiger partial charge on any atom is 0.127 e. The summed E-state index contributed by atoms with van der Waals surface area (Å²) in [6.07, 6.45) is 2.92. The van der Waals surface area contributed by atoms with Crippen molar-refractivity contribution < 1.29 is 19.4 Å². The van der Waals surface area contributed by atoms with Gasteiger partial charge in [-0.2, -0.15) is 0 Å². The van der Waals surface area contributed by atoms with E-state index in [4.69, 9.17) is 21.1 Å². The Morgan fingerprint density at radius 1 is 1.07 bits per heavy atom. The Bertz CT molecular complexity index is 733. The van der Waals surface area contributed by atoms with Crippen LogP contribution in [0, 0.1) is 0 Å². The number of carbonyl (C=O) groups is 1. The predicted octanol–water partition coefficient (Wildman–Crippen LogP) is 3.51. The lowest BCUT2D eigenvalue weighted by Crippen LogP contribution is -2.35. The number of hydrogen-bond acceptors (Lipinski definition) is 5. The summed E-state index contributed by atoms with van der Waals surface area (Å²) in [7, 11) is 0. The average Bonchev–Trinajstić information content (AvgIpc) is 3.10. The zero-order valence-corrected chi connectivity index (χ0v) is 15.9. The number of rotatable bonds is 9. The van der Waals surface area contributed by atoms with Crippen molar-refractivity contribution >= 4 is 17.6 Å². The van der Waals surface area contributed by atoms with E-state index >= 15 is 0 Å². The van der Waals surface area contributed by atoms with Crippen molar-refractivity contribution in [2.24, 2.45) is 0 Å². The number of carbonyl (C=O) groups excluding carboxylic acids is 1. The van der Waals surface area contributed by atoms with Crippen LogP contribution in [0.3, 0.4) is 0 Å². The van der Waals surface area contributed by atoms with E-state index in [9.17, 15) is 9.90 Å². The first kappa shape index (κ1) is 19.5. The molecule has 2 aromatic rings. The third-order valence-corrected chi connectivity index (χ3v) is 4.89. The van der Waals surface area contributed by atoms with Gasteiger partial charge in [-0.1, -0.05) is 11.6 Å². The zero-order valence-electron chi connectivity index (χ0n) is 15.1. The van der Waals surface area contributed by atoms with E-state index in [-0.39, 0.29) is 6.42 Å². The first-order valence-corrected chi connectivity index (χ1v) is 9.58. The minimum atomic E-state index is -0.983. The normalized spacial score (nSPS) is 17.0. The molecule has 3 rings (SSSR count). The Kier molecular flexibility index (Phi) is 6.96. The standard InChI is InChI=1S/C21H24ClNO4/c22-16-5-7-19(8-6-16)27-20-11-9-18(10-12-20)26-15-17-3-1-13-23(17)14-2-4-21(24)25/h5-12,17H,1-4,13-15H2,(H,24,25)/p-1/t17-/m0/s1. The van der Waals surface area contributed by atoms with Crippen LogP contribution < -0.4 is 14.6 Å². The molecule has 0 aliphatic carbocycles. The Balaban J connectivity index is 1.46. The topological polar surface area (TPSA) is 61.8 Å². The maximum atomic E-state index is 10.6. The van der Waals surface area contributed by atoms with Crippen molar-refractivity contribution in [2.45, 2.75) is 31.7 Å². The molecule has 0 amide bonds. The highest BCUT2D eigenvalue weighted by Crippen LogP contribution is 2.26. The van der Waals surface area contributed by atoms with Gasteiger partial charge in [0.25, 0.3) is 0 Å². The third-order valence-electron chi connectivity index (χ3n) is 4.64. The summed E-state index contributed by atoms with van der Waals surface area (Å²) in [4.78, 5) is 12.9. The van der Waals surface area contributed by atoms with Gasteiger partial charge in [0, 0.05) is 17.0 Å². The Hall–Kier alpha value is -2.24. The molecule has 0 bridgehead atoms. The highest BCUT2D eigenvalue weighted by molar-refractivity contribution is 6.30. The van der Waals surface area contributed by atoms with Gasteiger partial charge in [0.15, 0.2) is 0 Å². The number of carboxylic acid groups (broad SMARTS) is 1. The van der Waals surface area contributed by atoms with E-state index in [1.807, 2.05) is 36.4 Å². The lowest BCUT2D eigenvalue weighted by molar-refractivity contribution is -0.305. The van der Waals surface area contributed by atoms with Crippen molar-refractivity contribution in [1.29, 1.82) is 0 Å². The molecule has 0 spiro atoms. The van der Waals surface area contributed by atoms with Gasteiger partial charge in [-0.3, -0.25) is 4.90 Å². The zero-order chi connectivity index (χ0) is 19.1. The minimum Gasteiger partial charge on any atom is -0.550 e. The fourth-order valence-corrected chi connectivity index (χ4v) is 3.37. The highest BCUT2D eigenvalue weighted by atomic mass is 35.5. The Morgan fingerprint density at radius 2 is 1.70 bits per heavy atom. The van der Waals surface area contributed by atoms with Crippen LogP contribution >= 0.6 is 11.6 Å². The number of benzene rings is 2. The van der Waals surface area contributed by atoms with Gasteiger partial charge in [-0.25, -0.2) is 0 Å². The summed E-state index contributed by atoms with van der Waals surface area (Å²) in [6.45, 7) is 2.37. The maximum absolute atomic E-state index is 10.6. The van der Waals surface area contributed by atoms with Crippen molar-refractivity contribution in [3.63, 3.8) is 0 Å². The molecule has 0 aromatic heterocycles. The van der Waals surface area contributed by atoms with Gasteiger partial charge < -0.3 is 19.4 Å². The summed E-state index contributed by atoms with van der Waals surface area (Å²) in [5, 5.41) is 11.2. The highest BCUT2D eigenvalue weighted by Gasteiger charge is 2.24. The smallest absolute Gasteiger partial charge is 0.127 e. The number of carboxylic acids is 1. The van der Waals surface area contributed by atoms with E-state index in [2.05, 4.69) is 4.90 Å². The lowest BCUT2D eigenvalue weighted by atomic mass is 10.2. The Labute approximate surface area is 164 Å². The summed E-state index contributed by atoms with van der Waals surface area (Å²) in [5.74, 6) is 1.27. The van der Waals surface area contributed by atoms with Crippen LogP contribution in [-0.2, 0) is 4.79 Å². The van der Waals surface area contributed by atoms with E-state index < -0.39 is 5.97 Å². The molecule has 1 atom stereocenters. The van der Waals surface area contributed by atoms with Crippen LogP contribution in [-0.4, -0.2) is 36.6 Å². The van der Waals surface area contributed by atoms with Gasteiger partial charge in [-0.15, -0.1) is 0 Å². The van der Waals surface area contributed by atoms with Crippen LogP contribution in [0.4, 0.5) is 0 Å². The molecule has 6 heteroatoms. The number of halogens is 1. The molecule has 0 unspecified atom stereocenters. The van der Waals surface area contributed by atoms with E-state index in [0.29, 0.717) is 24.1 Å². The molecule has 144 valence electrons. The van der Waals surface area contributed by atoms with E-state index in [1.54, 1.807) is 12.1 Å². The molecule has 1 saturated heterocycles. The monoisotopic (exact) mass is 388 g/mol. The predicted molar refractivity (Wildman–Crippen MR) is 102 cm³/mol. The molecule has 1 aliphatic rings. The largest absolute Gasteiger partial charge is 0.550 e. The summed E-state index contributed by atoms with van der Waals surface area (Å²) >= 11 is 5.87. The number of likely N-dealkylation sites (tertiary alicyclic amines) is 1. The van der Waals surface area contributed by atoms with Crippen molar-refractivity contribution in [3.8, 4) is 17.2 Å². The molecule has 2 aromatic carbocycles. The quantitative estimate of drug-likeness (QED) is 0.657. The molecular formula is C21H23ClNO4-. The first-order chi connectivity index (χ1) is 13.1. The summed E-state index contributed by atoms with van der Waals surface area (Å²) < 4.78 is 11.7. The van der Waals surface area contributed by atoms with Gasteiger partial charge in [-0.05, 0) is 87.3 Å². The number of hydrogen-bond donors (Lipinski definition) is 0. The average molecular weight is 389 g/mol. The molecule has 0 saturated carbocycles. The molecule has 5 nitrogen and oxygen atoms in total. The minimum absolute atomic E-state index is 0.110. The molecule has 1 aliphatic heterocycles. The second kappa shape index (κ2) is 9.62. The van der Waals surface area contributed by atoms with Crippen LogP contribution in [0.2, 0.25) is 5.02 Å². The number of ether oxygens (including phenoxy) is 2. The molecular weight excluding hydrogens is 366 g/mol. The number of nitrogens with zero attached hydrogens (tertiary/aromatic N) is 1.